The van der Waals surface area contributed by atoms with Crippen LogP contribution in [0.5, 0.6) is 0 Å². The van der Waals surface area contributed by atoms with E-state index in [9.17, 15) is 12.8 Å². The van der Waals surface area contributed by atoms with Gasteiger partial charge in [-0.05, 0) is 55.6 Å². The van der Waals surface area contributed by atoms with E-state index in [0.29, 0.717) is 24.3 Å². The van der Waals surface area contributed by atoms with Gasteiger partial charge in [-0.15, -0.1) is 0 Å². The van der Waals surface area contributed by atoms with Crippen molar-refractivity contribution in [2.45, 2.75) is 37.1 Å². The second-order valence-corrected chi connectivity index (χ2v) is 7.85. The van der Waals surface area contributed by atoms with E-state index >= 15 is 0 Å². The van der Waals surface area contributed by atoms with Crippen LogP contribution in [0.2, 0.25) is 0 Å². The molecule has 3 N–H and O–H groups in total. The quantitative estimate of drug-likeness (QED) is 0.809. The van der Waals surface area contributed by atoms with E-state index in [1.807, 2.05) is 0 Å². The van der Waals surface area contributed by atoms with Gasteiger partial charge in [0.15, 0.2) is 0 Å². The Kier molecular flexibility index (Phi) is 4.03. The summed E-state index contributed by atoms with van der Waals surface area (Å²) in [7, 11) is -3.70. The summed E-state index contributed by atoms with van der Waals surface area (Å²) in [5.74, 6) is 1.21. The third-order valence-electron chi connectivity index (χ3n) is 4.53. The Labute approximate surface area is 125 Å². The van der Waals surface area contributed by atoms with E-state index in [2.05, 4.69) is 4.72 Å². The average Bonchev–Trinajstić information content (AvgIpc) is 3.32. The Morgan fingerprint density at radius 3 is 2.38 bits per heavy atom. The first kappa shape index (κ1) is 14.9. The molecule has 2 fully saturated rings. The second-order valence-electron chi connectivity index (χ2n) is 6.11. The van der Waals surface area contributed by atoms with Gasteiger partial charge < -0.3 is 5.73 Å². The molecule has 0 bridgehead atoms. The molecule has 2 aliphatic rings. The smallest absolute Gasteiger partial charge is 0.241 e. The van der Waals surface area contributed by atoms with Crippen LogP contribution in [0.4, 0.5) is 4.39 Å². The summed E-state index contributed by atoms with van der Waals surface area (Å²) in [5.41, 5.74) is 5.54. The van der Waals surface area contributed by atoms with E-state index in [-0.39, 0.29) is 17.0 Å². The molecular weight excluding hydrogens is 291 g/mol. The van der Waals surface area contributed by atoms with Crippen molar-refractivity contribution in [3.8, 4) is 0 Å². The number of nitrogens with one attached hydrogen (secondary N) is 1. The number of benzene rings is 1. The number of rotatable bonds is 7. The van der Waals surface area contributed by atoms with Crippen LogP contribution in [-0.2, 0) is 16.6 Å². The Balaban J connectivity index is 1.75. The minimum atomic E-state index is -3.70. The zero-order valence-electron chi connectivity index (χ0n) is 11.9. The summed E-state index contributed by atoms with van der Waals surface area (Å²) in [6.45, 7) is 0.329. The van der Waals surface area contributed by atoms with Crippen molar-refractivity contribution in [1.82, 2.24) is 4.72 Å². The fraction of sp³-hybridized carbons (Fsp3) is 0.600. The summed E-state index contributed by atoms with van der Waals surface area (Å²) < 4.78 is 41.2. The Morgan fingerprint density at radius 2 is 1.86 bits per heavy atom. The molecule has 0 radical (unpaired) electrons. The highest BCUT2D eigenvalue weighted by Crippen LogP contribution is 2.48. The lowest BCUT2D eigenvalue weighted by atomic mass is 9.99. The summed E-state index contributed by atoms with van der Waals surface area (Å²) in [4.78, 5) is -0.0321. The van der Waals surface area contributed by atoms with E-state index in [1.54, 1.807) is 0 Å². The van der Waals surface area contributed by atoms with Gasteiger partial charge in [-0.2, -0.15) is 0 Å². The fourth-order valence-electron chi connectivity index (χ4n) is 3.04. The van der Waals surface area contributed by atoms with Gasteiger partial charge in [0, 0.05) is 18.7 Å². The highest BCUT2D eigenvalue weighted by atomic mass is 32.2. The molecule has 0 atom stereocenters. The molecule has 0 aromatic heterocycles. The summed E-state index contributed by atoms with van der Waals surface area (Å²) in [6, 6.07) is 4.05. The van der Waals surface area contributed by atoms with Gasteiger partial charge in [0.1, 0.15) is 5.82 Å². The van der Waals surface area contributed by atoms with Crippen LogP contribution in [0.15, 0.2) is 23.1 Å². The first-order valence-electron chi connectivity index (χ1n) is 7.50. The van der Waals surface area contributed by atoms with Crippen LogP contribution in [0.3, 0.4) is 0 Å². The fourth-order valence-corrected chi connectivity index (χ4v) is 4.37. The first-order chi connectivity index (χ1) is 10.0. The van der Waals surface area contributed by atoms with E-state index < -0.39 is 15.8 Å². The van der Waals surface area contributed by atoms with Crippen LogP contribution in [-0.4, -0.2) is 15.0 Å². The lowest BCUT2D eigenvalue weighted by molar-refractivity contribution is 0.401. The van der Waals surface area contributed by atoms with Gasteiger partial charge in [0.2, 0.25) is 10.0 Å². The molecule has 1 aromatic rings. The van der Waals surface area contributed by atoms with Gasteiger partial charge in [-0.25, -0.2) is 17.5 Å². The molecule has 21 heavy (non-hydrogen) atoms. The summed E-state index contributed by atoms with van der Waals surface area (Å²) in [6.07, 6.45) is 4.82. The van der Waals surface area contributed by atoms with E-state index in [0.717, 1.165) is 0 Å². The summed E-state index contributed by atoms with van der Waals surface area (Å²) >= 11 is 0. The zero-order chi connectivity index (χ0) is 15.0. The SMILES string of the molecule is NCc1c(F)cccc1S(=O)(=O)NCC(C1CC1)C1CC1. The molecule has 116 valence electrons. The average molecular weight is 312 g/mol. The van der Waals surface area contributed by atoms with Crippen LogP contribution in [0, 0.1) is 23.6 Å². The number of sulfonamides is 1. The van der Waals surface area contributed by atoms with Crippen molar-refractivity contribution in [2.24, 2.45) is 23.5 Å². The van der Waals surface area contributed by atoms with Gasteiger partial charge in [-0.1, -0.05) is 6.07 Å². The maximum atomic E-state index is 13.7. The van der Waals surface area contributed by atoms with Gasteiger partial charge in [0.25, 0.3) is 0 Å². The second kappa shape index (κ2) is 5.66. The molecule has 0 amide bonds. The normalized spacial score (nSPS) is 19.2. The number of hydrogen-bond donors (Lipinski definition) is 2. The first-order valence-corrected chi connectivity index (χ1v) is 8.98. The molecule has 6 heteroatoms. The predicted octanol–water partition coefficient (Wildman–Crippen LogP) is 2.00. The van der Waals surface area contributed by atoms with Gasteiger partial charge >= 0.3 is 0 Å². The number of nitrogens with two attached hydrogens (primary N) is 1. The van der Waals surface area contributed by atoms with Crippen molar-refractivity contribution in [3.05, 3.63) is 29.6 Å². The summed E-state index contributed by atoms with van der Waals surface area (Å²) in [5, 5.41) is 0. The van der Waals surface area contributed by atoms with Gasteiger partial charge in [-0.3, -0.25) is 0 Å². The van der Waals surface area contributed by atoms with Crippen molar-refractivity contribution < 1.29 is 12.8 Å². The molecule has 2 aliphatic carbocycles. The Bertz CT molecular complexity index is 613. The highest BCUT2D eigenvalue weighted by Gasteiger charge is 2.41. The van der Waals surface area contributed by atoms with Crippen LogP contribution in [0.1, 0.15) is 31.2 Å². The molecule has 0 saturated heterocycles. The van der Waals surface area contributed by atoms with E-state index in [1.165, 1.54) is 43.9 Å². The predicted molar refractivity (Wildman–Crippen MR) is 78.4 cm³/mol. The van der Waals surface area contributed by atoms with Crippen molar-refractivity contribution >= 4 is 10.0 Å². The third-order valence-corrected chi connectivity index (χ3v) is 6.04. The lowest BCUT2D eigenvalue weighted by Gasteiger charge is -2.17. The van der Waals surface area contributed by atoms with Crippen LogP contribution in [0.25, 0.3) is 0 Å². The number of halogens is 1. The topological polar surface area (TPSA) is 72.2 Å². The minimum absolute atomic E-state index is 0.0321. The van der Waals surface area contributed by atoms with Crippen LogP contribution < -0.4 is 10.5 Å². The lowest BCUT2D eigenvalue weighted by Crippen LogP contribution is -2.32. The molecule has 2 saturated carbocycles. The van der Waals surface area contributed by atoms with Crippen molar-refractivity contribution in [2.75, 3.05) is 6.54 Å². The van der Waals surface area contributed by atoms with Crippen molar-refractivity contribution in [1.29, 1.82) is 0 Å². The molecule has 0 aliphatic heterocycles. The number of hydrogen-bond acceptors (Lipinski definition) is 3. The zero-order valence-corrected chi connectivity index (χ0v) is 12.7. The van der Waals surface area contributed by atoms with E-state index in [4.69, 9.17) is 5.73 Å². The highest BCUT2D eigenvalue weighted by molar-refractivity contribution is 7.89. The molecule has 0 unspecified atom stereocenters. The Morgan fingerprint density at radius 1 is 1.24 bits per heavy atom. The molecule has 0 spiro atoms. The Hall–Kier alpha value is -0.980. The van der Waals surface area contributed by atoms with Gasteiger partial charge in [0.05, 0.1) is 4.90 Å². The molecule has 1 aromatic carbocycles. The molecule has 4 nitrogen and oxygen atoms in total. The standard InChI is InChI=1S/C15H21FN2O2S/c16-14-2-1-3-15(12(14)8-17)21(19,20)18-9-13(10-4-5-10)11-6-7-11/h1-3,10-11,13,18H,4-9,17H2. The monoisotopic (exact) mass is 312 g/mol. The largest absolute Gasteiger partial charge is 0.326 e. The maximum Gasteiger partial charge on any atom is 0.241 e. The maximum absolute atomic E-state index is 13.7. The molecule has 0 heterocycles. The van der Waals surface area contributed by atoms with Crippen LogP contribution >= 0.6 is 0 Å². The third kappa shape index (κ3) is 3.27. The minimum Gasteiger partial charge on any atom is -0.326 e. The molecular formula is C15H21FN2O2S. The molecule has 3 rings (SSSR count). The van der Waals surface area contributed by atoms with Crippen molar-refractivity contribution in [3.63, 3.8) is 0 Å².